The van der Waals surface area contributed by atoms with Crippen LogP contribution in [0.4, 0.5) is 15.9 Å². The molecule has 0 saturated heterocycles. The van der Waals surface area contributed by atoms with Gasteiger partial charge in [0.15, 0.2) is 11.6 Å². The lowest BCUT2D eigenvalue weighted by atomic mass is 10.2. The molecular formula is C14H13ClFN5O. The van der Waals surface area contributed by atoms with Crippen LogP contribution in [-0.2, 0) is 0 Å². The summed E-state index contributed by atoms with van der Waals surface area (Å²) >= 11 is 5.80. The number of H-pyrrole nitrogens is 1. The van der Waals surface area contributed by atoms with E-state index in [1.54, 1.807) is 11.1 Å². The minimum Gasteiger partial charge on any atom is -0.396 e. The van der Waals surface area contributed by atoms with Gasteiger partial charge in [0.2, 0.25) is 5.28 Å². The van der Waals surface area contributed by atoms with Crippen LogP contribution in [-0.4, -0.2) is 38.4 Å². The number of halogens is 2. The van der Waals surface area contributed by atoms with E-state index in [1.807, 2.05) is 18.2 Å². The molecule has 6 nitrogen and oxygen atoms in total. The van der Waals surface area contributed by atoms with Gasteiger partial charge in [-0.05, 0) is 30.2 Å². The Labute approximate surface area is 130 Å². The second kappa shape index (κ2) is 6.25. The molecule has 0 aliphatic heterocycles. The number of rotatable bonds is 5. The summed E-state index contributed by atoms with van der Waals surface area (Å²) in [6.45, 7) is 0.364. The van der Waals surface area contributed by atoms with Gasteiger partial charge in [0.25, 0.3) is 0 Å². The zero-order chi connectivity index (χ0) is 15.5. The van der Waals surface area contributed by atoms with Crippen molar-refractivity contribution in [2.45, 2.75) is 6.42 Å². The van der Waals surface area contributed by atoms with Gasteiger partial charge in [0.1, 0.15) is 0 Å². The molecule has 0 fully saturated rings. The summed E-state index contributed by atoms with van der Waals surface area (Å²) in [6, 6.07) is 5.55. The third-order valence-electron chi connectivity index (χ3n) is 3.24. The first kappa shape index (κ1) is 14.7. The number of fused-ring (bicyclic) bond motifs is 1. The molecule has 0 spiro atoms. The van der Waals surface area contributed by atoms with E-state index in [2.05, 4.69) is 20.2 Å². The van der Waals surface area contributed by atoms with Gasteiger partial charge >= 0.3 is 0 Å². The van der Waals surface area contributed by atoms with Crippen molar-refractivity contribution in [2.75, 3.05) is 18.1 Å². The van der Waals surface area contributed by atoms with Gasteiger partial charge in [-0.25, -0.2) is 9.37 Å². The van der Waals surface area contributed by atoms with E-state index in [-0.39, 0.29) is 17.7 Å². The molecule has 2 N–H and O–H groups in total. The first-order valence-corrected chi connectivity index (χ1v) is 7.07. The van der Waals surface area contributed by atoms with E-state index in [0.29, 0.717) is 13.0 Å². The molecule has 1 aromatic carbocycles. The van der Waals surface area contributed by atoms with Gasteiger partial charge in [0, 0.05) is 18.5 Å². The van der Waals surface area contributed by atoms with Crippen molar-refractivity contribution < 1.29 is 9.50 Å². The number of anilines is 2. The van der Waals surface area contributed by atoms with Gasteiger partial charge in [-0.3, -0.25) is 5.10 Å². The molecule has 0 aliphatic carbocycles. The summed E-state index contributed by atoms with van der Waals surface area (Å²) in [6.07, 6.45) is 3.15. The zero-order valence-electron chi connectivity index (χ0n) is 11.5. The normalized spacial score (nSPS) is 11.0. The average Bonchev–Trinajstić information content (AvgIpc) is 3.00. The number of aromatic amines is 1. The zero-order valence-corrected chi connectivity index (χ0v) is 12.3. The number of nitrogens with one attached hydrogen (secondary N) is 1. The van der Waals surface area contributed by atoms with Crippen LogP contribution in [0.3, 0.4) is 0 Å². The molecule has 0 saturated carbocycles. The second-order valence-electron chi connectivity index (χ2n) is 4.65. The van der Waals surface area contributed by atoms with Crippen molar-refractivity contribution in [1.29, 1.82) is 0 Å². The molecule has 0 unspecified atom stereocenters. The van der Waals surface area contributed by atoms with E-state index in [4.69, 9.17) is 16.7 Å². The molecule has 114 valence electrons. The lowest BCUT2D eigenvalue weighted by Crippen LogP contribution is -2.22. The summed E-state index contributed by atoms with van der Waals surface area (Å²) in [7, 11) is 0. The lowest BCUT2D eigenvalue weighted by Gasteiger charge is -2.24. The fraction of sp³-hybridized carbons (Fsp3) is 0.214. The summed E-state index contributed by atoms with van der Waals surface area (Å²) in [5, 5.41) is 16.8. The number of benzene rings is 1. The van der Waals surface area contributed by atoms with Crippen LogP contribution in [0.25, 0.3) is 10.9 Å². The summed E-state index contributed by atoms with van der Waals surface area (Å²) in [5.74, 6) is -0.509. The summed E-state index contributed by atoms with van der Waals surface area (Å²) in [5.41, 5.74) is 1.56. The van der Waals surface area contributed by atoms with E-state index < -0.39 is 5.82 Å². The molecule has 0 radical (unpaired) electrons. The third kappa shape index (κ3) is 2.72. The van der Waals surface area contributed by atoms with Crippen LogP contribution in [0.2, 0.25) is 5.28 Å². The molecule has 3 aromatic rings. The molecule has 0 bridgehead atoms. The molecule has 0 amide bonds. The fourth-order valence-electron chi connectivity index (χ4n) is 2.28. The maximum absolute atomic E-state index is 14.1. The second-order valence-corrected chi connectivity index (χ2v) is 4.99. The van der Waals surface area contributed by atoms with E-state index in [9.17, 15) is 4.39 Å². The Morgan fingerprint density at radius 1 is 1.32 bits per heavy atom. The van der Waals surface area contributed by atoms with Crippen LogP contribution in [0, 0.1) is 5.82 Å². The van der Waals surface area contributed by atoms with E-state index in [0.717, 1.165) is 22.8 Å². The molecule has 22 heavy (non-hydrogen) atoms. The van der Waals surface area contributed by atoms with Crippen LogP contribution in [0.1, 0.15) is 6.42 Å². The van der Waals surface area contributed by atoms with Crippen molar-refractivity contribution in [3.63, 3.8) is 0 Å². The first-order valence-electron chi connectivity index (χ1n) is 6.69. The minimum absolute atomic E-state index is 0.0156. The Bertz CT molecular complexity index is 794. The van der Waals surface area contributed by atoms with Crippen molar-refractivity contribution in [3.05, 3.63) is 41.7 Å². The Balaban J connectivity index is 2.14. The van der Waals surface area contributed by atoms with Gasteiger partial charge in [0.05, 0.1) is 23.6 Å². The highest BCUT2D eigenvalue weighted by Crippen LogP contribution is 2.32. The Kier molecular flexibility index (Phi) is 4.17. The highest BCUT2D eigenvalue weighted by molar-refractivity contribution is 6.28. The van der Waals surface area contributed by atoms with Gasteiger partial charge in [-0.15, -0.1) is 0 Å². The molecule has 2 heterocycles. The topological polar surface area (TPSA) is 77.9 Å². The van der Waals surface area contributed by atoms with E-state index >= 15 is 0 Å². The molecular weight excluding hydrogens is 309 g/mol. The SMILES string of the molecule is OCCCN(c1nc(Cl)ncc1F)c1cccc2[nH]ncc12. The molecule has 8 heteroatoms. The number of aromatic nitrogens is 4. The van der Waals surface area contributed by atoms with Crippen molar-refractivity contribution >= 4 is 34.0 Å². The standard InChI is InChI=1S/C14H13ClFN5O/c15-14-17-8-10(16)13(19-14)21(5-2-6-22)12-4-1-3-11-9(12)7-18-20-11/h1,3-4,7-8,22H,2,5-6H2,(H,18,20). The predicted octanol–water partition coefficient (Wildman–Crippen LogP) is 2.67. The van der Waals surface area contributed by atoms with Crippen LogP contribution >= 0.6 is 11.6 Å². The minimum atomic E-state index is -0.581. The maximum atomic E-state index is 14.1. The Morgan fingerprint density at radius 3 is 3.00 bits per heavy atom. The Hall–Kier alpha value is -2.25. The number of aliphatic hydroxyl groups excluding tert-OH is 1. The molecule has 0 aliphatic rings. The van der Waals surface area contributed by atoms with Crippen LogP contribution in [0.15, 0.2) is 30.6 Å². The number of hydrogen-bond donors (Lipinski definition) is 2. The smallest absolute Gasteiger partial charge is 0.224 e. The quantitative estimate of drug-likeness (QED) is 0.706. The fourth-order valence-corrected chi connectivity index (χ4v) is 2.41. The van der Waals surface area contributed by atoms with Crippen LogP contribution < -0.4 is 4.90 Å². The lowest BCUT2D eigenvalue weighted by molar-refractivity contribution is 0.290. The summed E-state index contributed by atoms with van der Waals surface area (Å²) in [4.78, 5) is 9.28. The number of aliphatic hydroxyl groups is 1. The molecule has 2 aromatic heterocycles. The number of nitrogens with zero attached hydrogens (tertiary/aromatic N) is 4. The van der Waals surface area contributed by atoms with Gasteiger partial charge < -0.3 is 10.0 Å². The highest BCUT2D eigenvalue weighted by atomic mass is 35.5. The first-order chi connectivity index (χ1) is 10.7. The third-order valence-corrected chi connectivity index (χ3v) is 3.43. The average molecular weight is 322 g/mol. The Morgan fingerprint density at radius 2 is 2.18 bits per heavy atom. The van der Waals surface area contributed by atoms with Crippen molar-refractivity contribution in [2.24, 2.45) is 0 Å². The predicted molar refractivity (Wildman–Crippen MR) is 81.8 cm³/mol. The van der Waals surface area contributed by atoms with Crippen molar-refractivity contribution in [3.8, 4) is 0 Å². The van der Waals surface area contributed by atoms with Gasteiger partial charge in [-0.1, -0.05) is 6.07 Å². The molecule has 3 rings (SSSR count). The summed E-state index contributed by atoms with van der Waals surface area (Å²) < 4.78 is 14.1. The number of hydrogen-bond acceptors (Lipinski definition) is 5. The molecule has 0 atom stereocenters. The van der Waals surface area contributed by atoms with E-state index in [1.165, 1.54) is 0 Å². The highest BCUT2D eigenvalue weighted by Gasteiger charge is 2.19. The van der Waals surface area contributed by atoms with Crippen molar-refractivity contribution in [1.82, 2.24) is 20.2 Å². The largest absolute Gasteiger partial charge is 0.396 e. The maximum Gasteiger partial charge on any atom is 0.224 e. The van der Waals surface area contributed by atoms with Crippen LogP contribution in [0.5, 0.6) is 0 Å². The van der Waals surface area contributed by atoms with Gasteiger partial charge in [-0.2, -0.15) is 10.1 Å². The monoisotopic (exact) mass is 321 g/mol.